The van der Waals surface area contributed by atoms with Gasteiger partial charge in [-0.3, -0.25) is 0 Å². The van der Waals surface area contributed by atoms with Crippen molar-refractivity contribution in [2.45, 2.75) is 45.9 Å². The molecule has 0 spiro atoms. The number of benzene rings is 1. The monoisotopic (exact) mass is 245 g/mol. The second-order valence-electron chi connectivity index (χ2n) is 6.57. The molecule has 0 bridgehead atoms. The van der Waals surface area contributed by atoms with E-state index in [4.69, 9.17) is 4.74 Å². The van der Waals surface area contributed by atoms with Crippen LogP contribution in [0.1, 0.15) is 33.3 Å². The smallest absolute Gasteiger partial charge is 0.334 e. The number of nitrogens with zero attached hydrogens (tertiary/aromatic N) is 1. The Labute approximate surface area is 108 Å². The topological polar surface area (TPSA) is 29.5 Å². The molecule has 0 N–H and O–H groups in total. The lowest BCUT2D eigenvalue weighted by atomic mass is 9.92. The van der Waals surface area contributed by atoms with Gasteiger partial charge in [-0.15, -0.1) is 0 Å². The molecule has 1 aromatic carbocycles. The molecule has 0 aromatic heterocycles. The third-order valence-electron chi connectivity index (χ3n) is 3.95. The molecule has 3 rings (SSSR count). The van der Waals surface area contributed by atoms with Gasteiger partial charge in [0.15, 0.2) is 6.23 Å². The van der Waals surface area contributed by atoms with E-state index in [0.717, 1.165) is 12.1 Å². The number of esters is 1. The third kappa shape index (κ3) is 1.33. The van der Waals surface area contributed by atoms with Crippen molar-refractivity contribution in [3.63, 3.8) is 0 Å². The predicted molar refractivity (Wildman–Crippen MR) is 70.4 cm³/mol. The van der Waals surface area contributed by atoms with E-state index in [1.165, 1.54) is 5.56 Å². The number of anilines is 1. The summed E-state index contributed by atoms with van der Waals surface area (Å²) < 4.78 is 5.64. The Bertz CT molecular complexity index is 517. The molecule has 0 amide bonds. The maximum Gasteiger partial charge on any atom is 0.334 e. The van der Waals surface area contributed by atoms with Gasteiger partial charge < -0.3 is 9.64 Å². The summed E-state index contributed by atoms with van der Waals surface area (Å²) in [7, 11) is 0. The number of carbonyl (C=O) groups is 1. The van der Waals surface area contributed by atoms with Gasteiger partial charge in [0.2, 0.25) is 0 Å². The molecule has 2 atom stereocenters. The average Bonchev–Trinajstić information content (AvgIpc) is 2.70. The Balaban J connectivity index is 2.14. The normalized spacial score (nSPS) is 30.1. The SMILES string of the molecule is CC(C)(C)C1OC(=O)C2(C)Cc3ccccc3N12. The number of rotatable bonds is 0. The van der Waals surface area contributed by atoms with Crippen molar-refractivity contribution in [1.82, 2.24) is 0 Å². The zero-order valence-corrected chi connectivity index (χ0v) is 11.4. The lowest BCUT2D eigenvalue weighted by Crippen LogP contribution is -2.49. The largest absolute Gasteiger partial charge is 0.439 e. The van der Waals surface area contributed by atoms with E-state index in [9.17, 15) is 4.79 Å². The number of ether oxygens (including phenoxy) is 1. The van der Waals surface area contributed by atoms with Crippen molar-refractivity contribution in [2.24, 2.45) is 5.41 Å². The summed E-state index contributed by atoms with van der Waals surface area (Å²) >= 11 is 0. The minimum atomic E-state index is -0.526. The fourth-order valence-electron chi connectivity index (χ4n) is 3.02. The maximum atomic E-state index is 12.2. The first kappa shape index (κ1) is 11.6. The van der Waals surface area contributed by atoms with Crippen LogP contribution in [0, 0.1) is 5.41 Å². The molecule has 2 unspecified atom stereocenters. The molecule has 3 nitrogen and oxygen atoms in total. The summed E-state index contributed by atoms with van der Waals surface area (Å²) in [6, 6.07) is 8.24. The van der Waals surface area contributed by atoms with Gasteiger partial charge in [0.1, 0.15) is 5.54 Å². The highest BCUT2D eigenvalue weighted by Crippen LogP contribution is 2.48. The van der Waals surface area contributed by atoms with Crippen molar-refractivity contribution >= 4 is 11.7 Å². The number of hydrogen-bond acceptors (Lipinski definition) is 3. The average molecular weight is 245 g/mol. The van der Waals surface area contributed by atoms with Gasteiger partial charge >= 0.3 is 5.97 Å². The third-order valence-corrected chi connectivity index (χ3v) is 3.95. The van der Waals surface area contributed by atoms with Crippen molar-refractivity contribution in [3.8, 4) is 0 Å². The molecule has 1 fully saturated rings. The quantitative estimate of drug-likeness (QED) is 0.658. The Morgan fingerprint density at radius 3 is 2.67 bits per heavy atom. The van der Waals surface area contributed by atoms with Crippen LogP contribution in [0.3, 0.4) is 0 Å². The molecule has 96 valence electrons. The summed E-state index contributed by atoms with van der Waals surface area (Å²) in [6.07, 6.45) is 0.563. The first-order chi connectivity index (χ1) is 8.34. The molecule has 18 heavy (non-hydrogen) atoms. The van der Waals surface area contributed by atoms with E-state index in [1.807, 2.05) is 19.1 Å². The molecule has 0 saturated carbocycles. The summed E-state index contributed by atoms with van der Waals surface area (Å²) in [4.78, 5) is 14.4. The summed E-state index contributed by atoms with van der Waals surface area (Å²) in [6.45, 7) is 8.31. The van der Waals surface area contributed by atoms with Crippen molar-refractivity contribution in [2.75, 3.05) is 4.90 Å². The maximum absolute atomic E-state index is 12.2. The summed E-state index contributed by atoms with van der Waals surface area (Å²) in [5, 5.41) is 0. The molecule has 2 heterocycles. The van der Waals surface area contributed by atoms with Crippen molar-refractivity contribution in [3.05, 3.63) is 29.8 Å². The Kier molecular flexibility index (Phi) is 2.11. The zero-order valence-electron chi connectivity index (χ0n) is 11.4. The fourth-order valence-corrected chi connectivity index (χ4v) is 3.02. The van der Waals surface area contributed by atoms with Gasteiger partial charge in [0.05, 0.1) is 0 Å². The van der Waals surface area contributed by atoms with Crippen LogP contribution >= 0.6 is 0 Å². The standard InChI is InChI=1S/C15H19NO2/c1-14(2,3)12-16-11-8-6-5-7-10(11)9-15(16,4)13(17)18-12/h5-8,12H,9H2,1-4H3. The van der Waals surface area contributed by atoms with Crippen LogP contribution in [0.2, 0.25) is 0 Å². The van der Waals surface area contributed by atoms with Crippen molar-refractivity contribution < 1.29 is 9.53 Å². The highest BCUT2D eigenvalue weighted by molar-refractivity contribution is 5.92. The van der Waals surface area contributed by atoms with Crippen LogP contribution in [0.15, 0.2) is 24.3 Å². The fraction of sp³-hybridized carbons (Fsp3) is 0.533. The van der Waals surface area contributed by atoms with E-state index in [-0.39, 0.29) is 17.6 Å². The van der Waals surface area contributed by atoms with E-state index >= 15 is 0 Å². The first-order valence-corrected chi connectivity index (χ1v) is 6.42. The lowest BCUT2D eigenvalue weighted by molar-refractivity contribution is -0.148. The first-order valence-electron chi connectivity index (χ1n) is 6.42. The molecule has 3 heteroatoms. The van der Waals surface area contributed by atoms with Crippen LogP contribution in [-0.4, -0.2) is 17.7 Å². The van der Waals surface area contributed by atoms with Crippen LogP contribution in [-0.2, 0) is 16.0 Å². The van der Waals surface area contributed by atoms with Gasteiger partial charge in [0.25, 0.3) is 0 Å². The summed E-state index contributed by atoms with van der Waals surface area (Å²) in [5.41, 5.74) is 1.77. The van der Waals surface area contributed by atoms with E-state index in [0.29, 0.717) is 0 Å². The molecule has 0 aliphatic carbocycles. The predicted octanol–water partition coefficient (Wildman–Crippen LogP) is 2.74. The number of para-hydroxylation sites is 1. The zero-order chi connectivity index (χ0) is 13.1. The summed E-state index contributed by atoms with van der Waals surface area (Å²) in [5.74, 6) is -0.0985. The van der Waals surface area contributed by atoms with Gasteiger partial charge in [-0.2, -0.15) is 0 Å². The molecule has 2 aliphatic heterocycles. The molecule has 1 saturated heterocycles. The van der Waals surface area contributed by atoms with Crippen LogP contribution < -0.4 is 4.90 Å². The Morgan fingerprint density at radius 2 is 2.00 bits per heavy atom. The molecule has 0 radical (unpaired) electrons. The van der Waals surface area contributed by atoms with E-state index in [2.05, 4.69) is 37.8 Å². The molecule has 1 aromatic rings. The molecule has 2 aliphatic rings. The van der Waals surface area contributed by atoms with Gasteiger partial charge in [-0.05, 0) is 18.6 Å². The van der Waals surface area contributed by atoms with Crippen LogP contribution in [0.4, 0.5) is 5.69 Å². The van der Waals surface area contributed by atoms with Crippen molar-refractivity contribution in [1.29, 1.82) is 0 Å². The minimum Gasteiger partial charge on any atom is -0.439 e. The van der Waals surface area contributed by atoms with E-state index < -0.39 is 5.54 Å². The van der Waals surface area contributed by atoms with E-state index in [1.54, 1.807) is 0 Å². The van der Waals surface area contributed by atoms with Crippen LogP contribution in [0.25, 0.3) is 0 Å². The second-order valence-corrected chi connectivity index (χ2v) is 6.57. The number of fused-ring (bicyclic) bond motifs is 3. The molecular weight excluding hydrogens is 226 g/mol. The van der Waals surface area contributed by atoms with Gasteiger partial charge in [-0.25, -0.2) is 4.79 Å². The number of cyclic esters (lactones) is 1. The Morgan fingerprint density at radius 1 is 1.33 bits per heavy atom. The lowest BCUT2D eigenvalue weighted by Gasteiger charge is -2.36. The van der Waals surface area contributed by atoms with Crippen LogP contribution in [0.5, 0.6) is 0 Å². The number of carbonyl (C=O) groups excluding carboxylic acids is 1. The molecular formula is C15H19NO2. The Hall–Kier alpha value is -1.51. The minimum absolute atomic E-state index is 0.0924. The highest BCUT2D eigenvalue weighted by atomic mass is 16.6. The second kappa shape index (κ2) is 3.28. The van der Waals surface area contributed by atoms with Gasteiger partial charge in [-0.1, -0.05) is 39.0 Å². The highest BCUT2D eigenvalue weighted by Gasteiger charge is 2.58. The number of hydrogen-bond donors (Lipinski definition) is 0. The van der Waals surface area contributed by atoms with Gasteiger partial charge in [0, 0.05) is 17.5 Å².